The summed E-state index contributed by atoms with van der Waals surface area (Å²) >= 11 is 0. The molecule has 0 fully saturated rings. The van der Waals surface area contributed by atoms with Gasteiger partial charge in [0.1, 0.15) is 0 Å². The van der Waals surface area contributed by atoms with Crippen LogP contribution in [0.15, 0.2) is 60.7 Å². The van der Waals surface area contributed by atoms with Gasteiger partial charge in [-0.25, -0.2) is 16.8 Å². The number of sulfonamides is 2. The van der Waals surface area contributed by atoms with Crippen LogP contribution in [0.1, 0.15) is 0 Å². The molecule has 0 amide bonds. The van der Waals surface area contributed by atoms with E-state index in [2.05, 4.69) is 60.7 Å². The molecule has 5 nitrogen and oxygen atoms in total. The molecule has 0 aliphatic rings. The summed E-state index contributed by atoms with van der Waals surface area (Å²) in [6.07, 6.45) is 0. The first kappa shape index (κ1) is 24.3. The normalized spacial score (nSPS) is 12.8. The van der Waals surface area contributed by atoms with Crippen molar-refractivity contribution in [3.8, 4) is 0 Å². The minimum absolute atomic E-state index is 0.271. The fourth-order valence-corrected chi connectivity index (χ4v) is 4.43. The highest BCUT2D eigenvalue weighted by Gasteiger charge is 2.46. The van der Waals surface area contributed by atoms with Gasteiger partial charge in [-0.05, 0) is 24.3 Å². The van der Waals surface area contributed by atoms with Gasteiger partial charge in [0.2, 0.25) is 0 Å². The molecule has 14 heteroatoms. The van der Waals surface area contributed by atoms with Crippen LogP contribution in [0.25, 0.3) is 4.13 Å². The molecule has 0 radical (unpaired) electrons. The highest BCUT2D eigenvalue weighted by Crippen LogP contribution is 2.36. The Morgan fingerprint density at radius 2 is 0.893 bits per heavy atom. The summed E-state index contributed by atoms with van der Waals surface area (Å²) in [5.41, 5.74) is -12.4. The van der Waals surface area contributed by atoms with Crippen LogP contribution in [-0.4, -0.2) is 27.9 Å². The summed E-state index contributed by atoms with van der Waals surface area (Å²) in [5, 5.41) is 2.90. The van der Waals surface area contributed by atoms with Gasteiger partial charge in [-0.1, -0.05) is 36.4 Å². The summed E-state index contributed by atoms with van der Waals surface area (Å²) in [4.78, 5) is 0. The Hall–Kier alpha value is -1.69. The van der Waals surface area contributed by atoms with Crippen molar-refractivity contribution in [1.82, 2.24) is 0 Å². The molecule has 0 unspecified atom stereocenters. The molecule has 0 aromatic heterocycles. The molecule has 0 aliphatic carbocycles. The third-order valence-electron chi connectivity index (χ3n) is 2.71. The van der Waals surface area contributed by atoms with Crippen LogP contribution < -0.4 is 10.6 Å². The Morgan fingerprint density at radius 1 is 0.607 bits per heavy atom. The third kappa shape index (κ3) is 7.38. The van der Waals surface area contributed by atoms with Crippen LogP contribution in [0.4, 0.5) is 26.3 Å². The molecule has 2 rings (SSSR count). The van der Waals surface area contributed by atoms with Gasteiger partial charge < -0.3 is 4.13 Å². The zero-order chi connectivity index (χ0) is 21.6. The highest BCUT2D eigenvalue weighted by atomic mass is 32.3. The van der Waals surface area contributed by atoms with Crippen LogP contribution in [0, 0.1) is 0 Å². The van der Waals surface area contributed by atoms with Gasteiger partial charge in [-0.2, -0.15) is 26.3 Å². The molecule has 156 valence electrons. The SMILES string of the molecule is O=S(=O)([N-]S(=O)(=O)C(F)(F)F)C(F)(F)F.c1ccc([PH2+]c2ccccc2)cc1. The van der Waals surface area contributed by atoms with Gasteiger partial charge >= 0.3 is 11.0 Å². The number of halogens is 6. The van der Waals surface area contributed by atoms with Crippen molar-refractivity contribution in [2.45, 2.75) is 11.0 Å². The van der Waals surface area contributed by atoms with E-state index in [0.717, 1.165) is 4.13 Å². The minimum atomic E-state index is -6.72. The van der Waals surface area contributed by atoms with Gasteiger partial charge in [0.25, 0.3) is 0 Å². The van der Waals surface area contributed by atoms with Crippen molar-refractivity contribution in [2.24, 2.45) is 0 Å². The number of hydrogen-bond donors (Lipinski definition) is 0. The number of rotatable bonds is 4. The van der Waals surface area contributed by atoms with Crippen LogP contribution in [0.5, 0.6) is 0 Å². The second kappa shape index (κ2) is 9.21. The molecular weight excluding hydrogens is 455 g/mol. The first-order valence-corrected chi connectivity index (χ1v) is 11.0. The molecule has 0 spiro atoms. The zero-order valence-electron chi connectivity index (χ0n) is 13.5. The van der Waals surface area contributed by atoms with Gasteiger partial charge in [0, 0.05) is 0 Å². The van der Waals surface area contributed by atoms with E-state index in [9.17, 15) is 43.2 Å². The molecule has 0 heterocycles. The first-order valence-electron chi connectivity index (χ1n) is 6.97. The van der Waals surface area contributed by atoms with E-state index in [1.165, 1.54) is 10.6 Å². The van der Waals surface area contributed by atoms with E-state index in [-0.39, 0.29) is 8.58 Å². The van der Waals surface area contributed by atoms with Crippen molar-refractivity contribution in [1.29, 1.82) is 0 Å². The van der Waals surface area contributed by atoms with Gasteiger partial charge in [0.05, 0.1) is 19.2 Å². The Balaban J connectivity index is 0.000000281. The van der Waals surface area contributed by atoms with E-state index in [1.807, 2.05) is 0 Å². The van der Waals surface area contributed by atoms with Crippen LogP contribution in [0.2, 0.25) is 0 Å². The maximum atomic E-state index is 11.4. The Morgan fingerprint density at radius 3 is 1.14 bits per heavy atom. The molecule has 0 saturated carbocycles. The van der Waals surface area contributed by atoms with Crippen LogP contribution >= 0.6 is 8.58 Å². The summed E-state index contributed by atoms with van der Waals surface area (Å²) in [7, 11) is -13.2. The van der Waals surface area contributed by atoms with E-state index in [0.29, 0.717) is 0 Å². The second-order valence-corrected chi connectivity index (χ2v) is 9.93. The predicted octanol–water partition coefficient (Wildman–Crippen LogP) is 3.11. The maximum absolute atomic E-state index is 11.4. The van der Waals surface area contributed by atoms with Crippen molar-refractivity contribution in [3.05, 3.63) is 64.8 Å². The minimum Gasteiger partial charge on any atom is -0.421 e. The van der Waals surface area contributed by atoms with E-state index < -0.39 is 31.1 Å². The van der Waals surface area contributed by atoms with Crippen molar-refractivity contribution in [2.75, 3.05) is 0 Å². The Kier molecular flexibility index (Phi) is 8.00. The molecule has 2 aromatic carbocycles. The van der Waals surface area contributed by atoms with E-state index in [1.54, 1.807) is 0 Å². The molecule has 0 bridgehead atoms. The average Bonchev–Trinajstić information content (AvgIpc) is 2.54. The molecule has 0 atom stereocenters. The molecule has 0 N–H and O–H groups in total. The molecule has 2 aromatic rings. The summed E-state index contributed by atoms with van der Waals surface area (Å²) in [6.45, 7) is 0. The smallest absolute Gasteiger partial charge is 0.421 e. The van der Waals surface area contributed by atoms with Gasteiger partial charge in [-0.3, -0.25) is 0 Å². The fraction of sp³-hybridized carbons (Fsp3) is 0.143. The quantitative estimate of drug-likeness (QED) is 0.511. The number of alkyl halides is 6. The number of hydrogen-bond acceptors (Lipinski definition) is 4. The summed E-state index contributed by atoms with van der Waals surface area (Å²) < 4.78 is 109. The lowest BCUT2D eigenvalue weighted by atomic mass is 10.4. The van der Waals surface area contributed by atoms with Crippen LogP contribution in [-0.2, 0) is 20.0 Å². The first-order chi connectivity index (χ1) is 12.7. The monoisotopic (exact) mass is 467 g/mol. The van der Waals surface area contributed by atoms with Gasteiger partial charge in [0.15, 0.2) is 20.0 Å². The zero-order valence-corrected chi connectivity index (χ0v) is 16.3. The number of nitrogens with zero attached hydrogens (tertiary/aromatic N) is 1. The lowest BCUT2D eigenvalue weighted by Crippen LogP contribution is -2.30. The second-order valence-electron chi connectivity index (χ2n) is 4.88. The topological polar surface area (TPSA) is 82.4 Å². The van der Waals surface area contributed by atoms with E-state index in [4.69, 9.17) is 0 Å². The van der Waals surface area contributed by atoms with Gasteiger partial charge in [-0.15, -0.1) is 0 Å². The Bertz CT molecular complexity index is 883. The third-order valence-corrected chi connectivity index (χ3v) is 6.89. The lowest BCUT2D eigenvalue weighted by molar-refractivity contribution is -0.0444. The summed E-state index contributed by atoms with van der Waals surface area (Å²) in [5.74, 6) is 0. The maximum Gasteiger partial charge on any atom is 0.480 e. The van der Waals surface area contributed by atoms with Crippen molar-refractivity contribution >= 4 is 39.2 Å². The van der Waals surface area contributed by atoms with Crippen molar-refractivity contribution in [3.63, 3.8) is 0 Å². The molecule has 0 saturated heterocycles. The van der Waals surface area contributed by atoms with Crippen LogP contribution in [0.3, 0.4) is 0 Å². The molecule has 0 aliphatic heterocycles. The fourth-order valence-electron chi connectivity index (χ4n) is 1.50. The molecule has 28 heavy (non-hydrogen) atoms. The predicted molar refractivity (Wildman–Crippen MR) is 95.2 cm³/mol. The molecular formula is C14H12F6NO4PS2. The number of benzene rings is 2. The largest absolute Gasteiger partial charge is 0.480 e. The summed E-state index contributed by atoms with van der Waals surface area (Å²) in [6, 6.07) is 21.3. The average molecular weight is 467 g/mol. The standard InChI is InChI=1S/C12H11P.C2F6NO4S2/c1-3-7-11(8-4-1)13-12-9-5-2-6-10-12;3-1(4,5)14(10,11)9-15(12,13)2(6,7)8/h1-10,13H;/q;-1/p+1. The lowest BCUT2D eigenvalue weighted by Gasteiger charge is -2.22. The highest BCUT2D eigenvalue weighted by molar-refractivity contribution is 8.13. The van der Waals surface area contributed by atoms with Crippen molar-refractivity contribution < 1.29 is 43.2 Å². The Labute approximate surface area is 158 Å². The van der Waals surface area contributed by atoms with E-state index >= 15 is 0 Å².